The predicted octanol–water partition coefficient (Wildman–Crippen LogP) is 1.23. The van der Waals surface area contributed by atoms with Crippen LogP contribution in [-0.2, 0) is 27.4 Å². The second-order valence-electron chi connectivity index (χ2n) is 3.68. The zero-order chi connectivity index (χ0) is 12.5. The number of hydrogen-bond donors (Lipinski definition) is 1. The van der Waals surface area contributed by atoms with Crippen molar-refractivity contribution < 1.29 is 18.6 Å². The van der Waals surface area contributed by atoms with Crippen molar-refractivity contribution in [2.75, 3.05) is 33.5 Å². The summed E-state index contributed by atoms with van der Waals surface area (Å²) in [4.78, 5) is 0. The Labute approximate surface area is 102 Å². The summed E-state index contributed by atoms with van der Waals surface area (Å²) in [6.07, 6.45) is 0. The third kappa shape index (κ3) is 5.32. The molecule has 0 radical (unpaired) electrons. The lowest BCUT2D eigenvalue weighted by atomic mass is 10.3. The van der Waals surface area contributed by atoms with E-state index in [0.29, 0.717) is 39.6 Å². The molecule has 1 aromatic rings. The highest BCUT2D eigenvalue weighted by Gasteiger charge is 2.05. The van der Waals surface area contributed by atoms with Crippen LogP contribution in [0, 0.1) is 6.92 Å². The zero-order valence-corrected chi connectivity index (χ0v) is 10.5. The number of rotatable bonds is 9. The van der Waals surface area contributed by atoms with Crippen LogP contribution in [0.4, 0.5) is 0 Å². The number of methoxy groups -OCH3 is 1. The van der Waals surface area contributed by atoms with E-state index in [1.165, 1.54) is 0 Å². The van der Waals surface area contributed by atoms with Gasteiger partial charge in [0.15, 0.2) is 0 Å². The molecule has 1 heterocycles. The number of furan rings is 1. The fraction of sp³-hybridized carbons (Fsp3) is 0.667. The zero-order valence-electron chi connectivity index (χ0n) is 10.5. The van der Waals surface area contributed by atoms with Gasteiger partial charge in [-0.25, -0.2) is 0 Å². The van der Waals surface area contributed by atoms with Gasteiger partial charge in [0, 0.05) is 7.11 Å². The molecule has 1 aromatic heterocycles. The average molecular weight is 243 g/mol. The van der Waals surface area contributed by atoms with Gasteiger partial charge in [0.25, 0.3) is 0 Å². The van der Waals surface area contributed by atoms with Gasteiger partial charge in [-0.3, -0.25) is 0 Å². The Balaban J connectivity index is 2.09. The number of nitrogens with two attached hydrogens (primary N) is 1. The summed E-state index contributed by atoms with van der Waals surface area (Å²) in [5.74, 6) is 1.62. The lowest BCUT2D eigenvalue weighted by Crippen LogP contribution is -2.08. The Kier molecular flexibility index (Phi) is 6.88. The van der Waals surface area contributed by atoms with Gasteiger partial charge < -0.3 is 24.4 Å². The van der Waals surface area contributed by atoms with Crippen molar-refractivity contribution in [2.45, 2.75) is 20.1 Å². The smallest absolute Gasteiger partial charge is 0.130 e. The minimum Gasteiger partial charge on any atom is -0.462 e. The van der Waals surface area contributed by atoms with Crippen molar-refractivity contribution in [3.63, 3.8) is 0 Å². The molecule has 0 aliphatic rings. The van der Waals surface area contributed by atoms with Crippen molar-refractivity contribution in [1.82, 2.24) is 0 Å². The molecule has 17 heavy (non-hydrogen) atoms. The molecule has 2 N–H and O–H groups in total. The van der Waals surface area contributed by atoms with E-state index >= 15 is 0 Å². The molecule has 0 fully saturated rings. The van der Waals surface area contributed by atoms with Crippen molar-refractivity contribution in [3.05, 3.63) is 23.2 Å². The van der Waals surface area contributed by atoms with Crippen molar-refractivity contribution >= 4 is 0 Å². The molecule has 0 aliphatic heterocycles. The van der Waals surface area contributed by atoms with E-state index in [1.54, 1.807) is 7.11 Å². The molecule has 1 rings (SSSR count). The van der Waals surface area contributed by atoms with Crippen LogP contribution in [0.3, 0.4) is 0 Å². The van der Waals surface area contributed by atoms with Crippen LogP contribution in [0.25, 0.3) is 0 Å². The summed E-state index contributed by atoms with van der Waals surface area (Å²) in [6.45, 7) is 5.16. The van der Waals surface area contributed by atoms with Gasteiger partial charge in [-0.15, -0.1) is 0 Å². The number of hydrogen-bond acceptors (Lipinski definition) is 5. The third-order valence-corrected chi connectivity index (χ3v) is 2.31. The molecular formula is C12H21NO4. The number of ether oxygens (including phenoxy) is 3. The van der Waals surface area contributed by atoms with Crippen LogP contribution in [-0.4, -0.2) is 33.5 Å². The van der Waals surface area contributed by atoms with Gasteiger partial charge in [-0.1, -0.05) is 0 Å². The van der Waals surface area contributed by atoms with Crippen LogP contribution in [0.5, 0.6) is 0 Å². The third-order valence-electron chi connectivity index (χ3n) is 2.31. The lowest BCUT2D eigenvalue weighted by molar-refractivity contribution is 0.0160. The molecule has 98 valence electrons. The van der Waals surface area contributed by atoms with Gasteiger partial charge in [-0.05, 0) is 18.6 Å². The molecule has 0 saturated heterocycles. The Bertz CT molecular complexity index is 311. The fourth-order valence-electron chi connectivity index (χ4n) is 1.40. The van der Waals surface area contributed by atoms with E-state index < -0.39 is 0 Å². The molecule has 0 spiro atoms. The maximum atomic E-state index is 5.52. The van der Waals surface area contributed by atoms with Gasteiger partial charge in [0.05, 0.1) is 33.0 Å². The Morgan fingerprint density at radius 1 is 1.18 bits per heavy atom. The Hall–Kier alpha value is -0.880. The molecule has 0 amide bonds. The van der Waals surface area contributed by atoms with Gasteiger partial charge in [0.1, 0.15) is 18.1 Å². The molecule has 0 bridgehead atoms. The summed E-state index contributed by atoms with van der Waals surface area (Å²) in [5.41, 5.74) is 6.59. The first-order valence-corrected chi connectivity index (χ1v) is 5.70. The van der Waals surface area contributed by atoms with Gasteiger partial charge >= 0.3 is 0 Å². The normalized spacial score (nSPS) is 11.0. The monoisotopic (exact) mass is 243 g/mol. The van der Waals surface area contributed by atoms with Crippen LogP contribution < -0.4 is 5.73 Å². The maximum absolute atomic E-state index is 5.52. The highest BCUT2D eigenvalue weighted by atomic mass is 16.5. The van der Waals surface area contributed by atoms with Crippen LogP contribution >= 0.6 is 0 Å². The first-order valence-electron chi connectivity index (χ1n) is 5.70. The maximum Gasteiger partial charge on any atom is 0.130 e. The standard InChI is InChI=1S/C12H21NO4/c1-10-7-11(17-12(10)8-13)9-16-6-5-15-4-3-14-2/h7H,3-6,8-9,13H2,1-2H3. The predicted molar refractivity (Wildman–Crippen MR) is 63.7 cm³/mol. The average Bonchev–Trinajstić information content (AvgIpc) is 2.68. The van der Waals surface area contributed by atoms with Crippen molar-refractivity contribution in [3.8, 4) is 0 Å². The SMILES string of the molecule is COCCOCCOCc1cc(C)c(CN)o1. The molecule has 5 nitrogen and oxygen atoms in total. The Morgan fingerprint density at radius 2 is 1.88 bits per heavy atom. The quantitative estimate of drug-likeness (QED) is 0.661. The first-order chi connectivity index (χ1) is 8.27. The van der Waals surface area contributed by atoms with Crippen LogP contribution in [0.15, 0.2) is 10.5 Å². The Morgan fingerprint density at radius 3 is 2.53 bits per heavy atom. The summed E-state index contributed by atoms with van der Waals surface area (Å²) >= 11 is 0. The van der Waals surface area contributed by atoms with E-state index in [1.807, 2.05) is 13.0 Å². The van der Waals surface area contributed by atoms with E-state index in [0.717, 1.165) is 17.1 Å². The minimum atomic E-state index is 0.423. The summed E-state index contributed by atoms with van der Waals surface area (Å²) in [7, 11) is 1.65. The summed E-state index contributed by atoms with van der Waals surface area (Å²) in [5, 5.41) is 0. The highest BCUT2D eigenvalue weighted by molar-refractivity contribution is 5.19. The molecule has 0 saturated carbocycles. The van der Waals surface area contributed by atoms with E-state index in [4.69, 9.17) is 24.4 Å². The van der Waals surface area contributed by atoms with Crippen LogP contribution in [0.1, 0.15) is 17.1 Å². The molecule has 0 atom stereocenters. The fourth-order valence-corrected chi connectivity index (χ4v) is 1.40. The van der Waals surface area contributed by atoms with Crippen molar-refractivity contribution in [2.24, 2.45) is 5.73 Å². The van der Waals surface area contributed by atoms with Gasteiger partial charge in [-0.2, -0.15) is 0 Å². The molecular weight excluding hydrogens is 222 g/mol. The second kappa shape index (κ2) is 8.25. The number of aryl methyl sites for hydroxylation is 1. The largest absolute Gasteiger partial charge is 0.462 e. The summed E-state index contributed by atoms with van der Waals surface area (Å²) < 4.78 is 21.0. The molecule has 0 unspecified atom stereocenters. The van der Waals surface area contributed by atoms with Gasteiger partial charge in [0.2, 0.25) is 0 Å². The van der Waals surface area contributed by atoms with E-state index in [9.17, 15) is 0 Å². The first kappa shape index (κ1) is 14.2. The van der Waals surface area contributed by atoms with Crippen molar-refractivity contribution in [1.29, 1.82) is 0 Å². The molecule has 5 heteroatoms. The van der Waals surface area contributed by atoms with E-state index in [2.05, 4.69) is 0 Å². The second-order valence-corrected chi connectivity index (χ2v) is 3.68. The highest BCUT2D eigenvalue weighted by Crippen LogP contribution is 2.14. The van der Waals surface area contributed by atoms with E-state index in [-0.39, 0.29) is 0 Å². The lowest BCUT2D eigenvalue weighted by Gasteiger charge is -2.03. The molecule has 0 aliphatic carbocycles. The topological polar surface area (TPSA) is 66.8 Å². The minimum absolute atomic E-state index is 0.423. The summed E-state index contributed by atoms with van der Waals surface area (Å²) in [6, 6.07) is 1.95. The van der Waals surface area contributed by atoms with Crippen LogP contribution in [0.2, 0.25) is 0 Å². The molecule has 0 aromatic carbocycles.